The van der Waals surface area contributed by atoms with Crippen LogP contribution < -0.4 is 16.1 Å². The van der Waals surface area contributed by atoms with E-state index < -0.39 is 29.7 Å². The maximum Gasteiger partial charge on any atom is 0.326 e. The van der Waals surface area contributed by atoms with Crippen LogP contribution in [0, 0.1) is 5.92 Å². The summed E-state index contributed by atoms with van der Waals surface area (Å²) >= 11 is 0. The lowest BCUT2D eigenvalue weighted by Gasteiger charge is -2.20. The Bertz CT molecular complexity index is 680. The maximum absolute atomic E-state index is 12.6. The molecule has 0 radical (unpaired) electrons. The fourth-order valence-corrected chi connectivity index (χ4v) is 2.80. The second-order valence-electron chi connectivity index (χ2n) is 6.77. The molecule has 3 amide bonds. The third kappa shape index (κ3) is 9.70. The maximum atomic E-state index is 12.6. The van der Waals surface area contributed by atoms with Gasteiger partial charge in [-0.3, -0.25) is 19.6 Å². The molecule has 0 aromatic heterocycles. The van der Waals surface area contributed by atoms with Crippen molar-refractivity contribution >= 4 is 23.7 Å². The molecular formula is C20H29N3O6. The van der Waals surface area contributed by atoms with Crippen LogP contribution in [0.5, 0.6) is 0 Å². The summed E-state index contributed by atoms with van der Waals surface area (Å²) in [5.74, 6) is -3.56. The number of nitrogens with one attached hydrogen (secondary N) is 3. The van der Waals surface area contributed by atoms with Gasteiger partial charge in [0.2, 0.25) is 17.7 Å². The molecule has 2 atom stereocenters. The number of carbonyl (C=O) groups excluding carboxylic acids is 3. The van der Waals surface area contributed by atoms with Crippen LogP contribution in [-0.4, -0.2) is 46.6 Å². The third-order valence-electron chi connectivity index (χ3n) is 4.35. The first-order valence-electron chi connectivity index (χ1n) is 9.64. The minimum absolute atomic E-state index is 0.0975. The number of carbonyl (C=O) groups is 4. The Labute approximate surface area is 169 Å². The van der Waals surface area contributed by atoms with E-state index in [0.717, 1.165) is 12.0 Å². The van der Waals surface area contributed by atoms with Crippen LogP contribution in [0.2, 0.25) is 0 Å². The van der Waals surface area contributed by atoms with Gasteiger partial charge in [-0.1, -0.05) is 37.3 Å². The van der Waals surface area contributed by atoms with Crippen molar-refractivity contribution in [1.29, 1.82) is 0 Å². The number of hydroxylamine groups is 1. The van der Waals surface area contributed by atoms with Gasteiger partial charge in [0.15, 0.2) is 0 Å². The zero-order valence-electron chi connectivity index (χ0n) is 16.5. The Balaban J connectivity index is 2.71. The molecule has 0 unspecified atom stereocenters. The van der Waals surface area contributed by atoms with E-state index in [-0.39, 0.29) is 31.6 Å². The van der Waals surface area contributed by atoms with Crippen molar-refractivity contribution in [2.75, 3.05) is 6.54 Å². The highest BCUT2D eigenvalue weighted by molar-refractivity contribution is 5.88. The average molecular weight is 407 g/mol. The molecule has 9 nitrogen and oxygen atoms in total. The largest absolute Gasteiger partial charge is 0.480 e. The molecule has 1 rings (SSSR count). The second kappa shape index (κ2) is 13.3. The number of carboxylic acid groups (broad SMARTS) is 1. The number of hydrogen-bond acceptors (Lipinski definition) is 5. The average Bonchev–Trinajstić information content (AvgIpc) is 2.71. The summed E-state index contributed by atoms with van der Waals surface area (Å²) in [6.45, 7) is 2.50. The van der Waals surface area contributed by atoms with Crippen molar-refractivity contribution in [2.24, 2.45) is 5.92 Å². The Morgan fingerprint density at radius 1 is 1.07 bits per heavy atom. The van der Waals surface area contributed by atoms with Gasteiger partial charge >= 0.3 is 5.97 Å². The van der Waals surface area contributed by atoms with E-state index in [2.05, 4.69) is 10.6 Å². The van der Waals surface area contributed by atoms with Crippen LogP contribution in [0.15, 0.2) is 30.3 Å². The van der Waals surface area contributed by atoms with Gasteiger partial charge in [-0.15, -0.1) is 0 Å². The molecule has 1 aromatic rings. The van der Waals surface area contributed by atoms with Gasteiger partial charge in [-0.25, -0.2) is 10.3 Å². The first-order valence-corrected chi connectivity index (χ1v) is 9.64. The number of aliphatic carboxylic acids is 1. The number of hydrogen-bond donors (Lipinski definition) is 5. The van der Waals surface area contributed by atoms with Crippen molar-refractivity contribution in [2.45, 2.75) is 51.5 Å². The first-order chi connectivity index (χ1) is 13.9. The van der Waals surface area contributed by atoms with Crippen molar-refractivity contribution < 1.29 is 29.5 Å². The molecule has 0 heterocycles. The highest BCUT2D eigenvalue weighted by Gasteiger charge is 2.27. The zero-order valence-corrected chi connectivity index (χ0v) is 16.5. The van der Waals surface area contributed by atoms with Crippen LogP contribution in [0.1, 0.15) is 44.6 Å². The Kier molecular flexibility index (Phi) is 11.0. The summed E-state index contributed by atoms with van der Waals surface area (Å²) in [7, 11) is 0. The molecule has 0 bridgehead atoms. The van der Waals surface area contributed by atoms with Crippen LogP contribution in [0.4, 0.5) is 0 Å². The minimum Gasteiger partial charge on any atom is -0.480 e. The van der Waals surface area contributed by atoms with Crippen LogP contribution in [0.25, 0.3) is 0 Å². The topological polar surface area (TPSA) is 145 Å². The Hall–Kier alpha value is -2.94. The summed E-state index contributed by atoms with van der Waals surface area (Å²) in [5, 5.41) is 23.4. The summed E-state index contributed by atoms with van der Waals surface area (Å²) < 4.78 is 0. The van der Waals surface area contributed by atoms with E-state index >= 15 is 0 Å². The Morgan fingerprint density at radius 3 is 2.34 bits per heavy atom. The van der Waals surface area contributed by atoms with E-state index in [1.165, 1.54) is 5.48 Å². The molecule has 1 aromatic carbocycles. The molecule has 0 saturated carbocycles. The van der Waals surface area contributed by atoms with E-state index in [1.54, 1.807) is 30.3 Å². The summed E-state index contributed by atoms with van der Waals surface area (Å²) in [6, 6.07) is 7.71. The van der Waals surface area contributed by atoms with Crippen LogP contribution in [0.3, 0.4) is 0 Å². The normalized spacial score (nSPS) is 12.5. The summed E-state index contributed by atoms with van der Waals surface area (Å²) in [4.78, 5) is 47.4. The van der Waals surface area contributed by atoms with Crippen LogP contribution in [-0.2, 0) is 25.6 Å². The van der Waals surface area contributed by atoms with Crippen molar-refractivity contribution in [3.63, 3.8) is 0 Å². The van der Waals surface area contributed by atoms with Gasteiger partial charge in [0, 0.05) is 31.7 Å². The summed E-state index contributed by atoms with van der Waals surface area (Å²) in [6.07, 6.45) is 1.35. The smallest absolute Gasteiger partial charge is 0.326 e. The van der Waals surface area contributed by atoms with Gasteiger partial charge in [-0.05, 0) is 24.8 Å². The van der Waals surface area contributed by atoms with Crippen molar-refractivity contribution in [1.82, 2.24) is 16.1 Å². The molecule has 0 spiro atoms. The predicted molar refractivity (Wildman–Crippen MR) is 105 cm³/mol. The first kappa shape index (κ1) is 24.1. The molecular weight excluding hydrogens is 378 g/mol. The minimum atomic E-state index is -1.19. The zero-order chi connectivity index (χ0) is 21.6. The monoisotopic (exact) mass is 407 g/mol. The molecule has 0 aliphatic heterocycles. The van der Waals surface area contributed by atoms with Crippen molar-refractivity contribution in [3.8, 4) is 0 Å². The Morgan fingerprint density at radius 2 is 1.76 bits per heavy atom. The van der Waals surface area contributed by atoms with Gasteiger partial charge in [-0.2, -0.15) is 0 Å². The number of amides is 3. The van der Waals surface area contributed by atoms with Crippen molar-refractivity contribution in [3.05, 3.63) is 35.9 Å². The standard InChI is InChI=1S/C20H29N3O6/c1-2-11-21-17(24)10-6-9-15(13-18(25)23-29)19(26)22-16(20(27)28)12-14-7-4-3-5-8-14/h3-5,7-8,15-16,29H,2,6,9-13H2,1H3,(H,21,24)(H,22,26)(H,23,25)(H,27,28)/t15-,16+/m1/s1. The van der Waals surface area contributed by atoms with Gasteiger partial charge in [0.05, 0.1) is 0 Å². The molecule has 0 aliphatic rings. The van der Waals surface area contributed by atoms with E-state index in [1.807, 2.05) is 6.92 Å². The SMILES string of the molecule is CCCNC(=O)CCC[C@H](CC(=O)NO)C(=O)N[C@@H](Cc1ccccc1)C(=O)O. The molecule has 160 valence electrons. The van der Waals surface area contributed by atoms with E-state index in [9.17, 15) is 24.3 Å². The highest BCUT2D eigenvalue weighted by atomic mass is 16.5. The lowest BCUT2D eigenvalue weighted by molar-refractivity contribution is -0.143. The third-order valence-corrected chi connectivity index (χ3v) is 4.35. The van der Waals surface area contributed by atoms with E-state index in [4.69, 9.17) is 5.21 Å². The second-order valence-corrected chi connectivity index (χ2v) is 6.77. The number of carboxylic acids is 1. The fraction of sp³-hybridized carbons (Fsp3) is 0.500. The number of rotatable bonds is 13. The molecule has 9 heteroatoms. The highest BCUT2D eigenvalue weighted by Crippen LogP contribution is 2.15. The molecule has 29 heavy (non-hydrogen) atoms. The molecule has 0 saturated heterocycles. The van der Waals surface area contributed by atoms with Gasteiger partial charge in [0.25, 0.3) is 0 Å². The summed E-state index contributed by atoms with van der Waals surface area (Å²) in [5.41, 5.74) is 2.23. The van der Waals surface area contributed by atoms with E-state index in [0.29, 0.717) is 13.0 Å². The lowest BCUT2D eigenvalue weighted by Crippen LogP contribution is -2.45. The number of benzene rings is 1. The van der Waals surface area contributed by atoms with Gasteiger partial charge in [0.1, 0.15) is 6.04 Å². The molecule has 5 N–H and O–H groups in total. The lowest BCUT2D eigenvalue weighted by atomic mass is 9.95. The van der Waals surface area contributed by atoms with Crippen LogP contribution >= 0.6 is 0 Å². The molecule has 0 fully saturated rings. The quantitative estimate of drug-likeness (QED) is 0.244. The van der Waals surface area contributed by atoms with Gasteiger partial charge < -0.3 is 15.7 Å². The predicted octanol–water partition coefficient (Wildman–Crippen LogP) is 1.01. The molecule has 0 aliphatic carbocycles. The fourth-order valence-electron chi connectivity index (χ4n) is 2.80.